The van der Waals surface area contributed by atoms with Gasteiger partial charge in [0.15, 0.2) is 8.07 Å². The molecule has 0 atom stereocenters. The van der Waals surface area contributed by atoms with Crippen LogP contribution in [0.2, 0.25) is 0 Å². The summed E-state index contributed by atoms with van der Waals surface area (Å²) in [5.41, 5.74) is 7.59. The van der Waals surface area contributed by atoms with Gasteiger partial charge in [0.2, 0.25) is 0 Å². The lowest BCUT2D eigenvalue weighted by atomic mass is 9.99. The summed E-state index contributed by atoms with van der Waals surface area (Å²) >= 11 is 0. The maximum atomic E-state index is 15.4. The number of fused-ring (bicyclic) bond motifs is 6. The zero-order valence-corrected chi connectivity index (χ0v) is 35.7. The van der Waals surface area contributed by atoms with Crippen molar-refractivity contribution in [2.75, 3.05) is 0 Å². The molecular formula is C57H41F3N2Si. The Morgan fingerprint density at radius 3 is 1.37 bits per heavy atom. The van der Waals surface area contributed by atoms with Crippen molar-refractivity contribution in [3.63, 3.8) is 0 Å². The first-order valence-electron chi connectivity index (χ1n) is 21.2. The van der Waals surface area contributed by atoms with E-state index in [9.17, 15) is 0 Å². The molecule has 6 heteroatoms. The highest BCUT2D eigenvalue weighted by Crippen LogP contribution is 2.42. The minimum Gasteiger partial charge on any atom is -0.309 e. The number of alkyl halides is 3. The van der Waals surface area contributed by atoms with Gasteiger partial charge in [-0.1, -0.05) is 169 Å². The summed E-state index contributed by atoms with van der Waals surface area (Å²) in [6.45, 7) is 4.12. The average molecular weight is 839 g/mol. The first-order chi connectivity index (χ1) is 30.7. The van der Waals surface area contributed by atoms with Crippen molar-refractivity contribution in [2.24, 2.45) is 0 Å². The number of hydrogen-bond donors (Lipinski definition) is 0. The van der Waals surface area contributed by atoms with Gasteiger partial charge in [0, 0.05) is 27.2 Å². The SMILES string of the molecule is Cc1ccc2c(c1)c1cc([Si](c3ccccc3)(c3ccccc3)c3ccccc3)ccc1n2-c1cc(-c2ccc(C)c(-n3c4ccccc4c4ccccc43)c2)ccc1C(F)(F)F. The van der Waals surface area contributed by atoms with Crippen molar-refractivity contribution >= 4 is 72.4 Å². The lowest BCUT2D eigenvalue weighted by molar-refractivity contribution is -0.137. The second-order valence-electron chi connectivity index (χ2n) is 16.5. The van der Waals surface area contributed by atoms with Crippen LogP contribution in [0.1, 0.15) is 16.7 Å². The van der Waals surface area contributed by atoms with Crippen molar-refractivity contribution < 1.29 is 13.2 Å². The van der Waals surface area contributed by atoms with Crippen LogP contribution in [0.25, 0.3) is 66.1 Å². The Kier molecular flexibility index (Phi) is 9.10. The van der Waals surface area contributed by atoms with Crippen LogP contribution in [-0.4, -0.2) is 17.2 Å². The number of para-hydroxylation sites is 2. The van der Waals surface area contributed by atoms with Crippen molar-refractivity contribution in [3.8, 4) is 22.5 Å². The quantitative estimate of drug-likeness (QED) is 0.112. The van der Waals surface area contributed by atoms with Crippen molar-refractivity contribution in [1.82, 2.24) is 9.13 Å². The van der Waals surface area contributed by atoms with E-state index in [-0.39, 0.29) is 5.69 Å². The van der Waals surface area contributed by atoms with Crippen LogP contribution in [-0.2, 0) is 6.18 Å². The molecule has 0 bridgehead atoms. The molecular weight excluding hydrogens is 798 g/mol. The Labute approximate surface area is 364 Å². The predicted molar refractivity (Wildman–Crippen MR) is 259 cm³/mol. The molecule has 0 radical (unpaired) electrons. The minimum atomic E-state index is -4.61. The molecule has 0 aliphatic carbocycles. The molecule has 0 aliphatic rings. The lowest BCUT2D eigenvalue weighted by Crippen LogP contribution is -2.74. The van der Waals surface area contributed by atoms with E-state index in [1.165, 1.54) is 21.6 Å². The van der Waals surface area contributed by atoms with E-state index >= 15 is 13.2 Å². The summed E-state index contributed by atoms with van der Waals surface area (Å²) < 4.78 is 50.3. The second-order valence-corrected chi connectivity index (χ2v) is 20.3. The summed E-state index contributed by atoms with van der Waals surface area (Å²) in [5, 5.41) is 8.96. The monoisotopic (exact) mass is 838 g/mol. The fourth-order valence-electron chi connectivity index (χ4n) is 10.0. The van der Waals surface area contributed by atoms with E-state index in [1.807, 2.05) is 60.0 Å². The first-order valence-corrected chi connectivity index (χ1v) is 23.2. The molecule has 0 amide bonds. The predicted octanol–water partition coefficient (Wildman–Crippen LogP) is 12.6. The summed E-state index contributed by atoms with van der Waals surface area (Å²) in [5.74, 6) is 0. The van der Waals surface area contributed by atoms with Crippen LogP contribution >= 0.6 is 0 Å². The summed E-state index contributed by atoms with van der Waals surface area (Å²) in [6, 6.07) is 72.2. The fourth-order valence-corrected chi connectivity index (χ4v) is 14.8. The summed E-state index contributed by atoms with van der Waals surface area (Å²) in [6.07, 6.45) is -4.61. The van der Waals surface area contributed by atoms with Crippen LogP contribution in [0.4, 0.5) is 13.2 Å². The van der Waals surface area contributed by atoms with Crippen LogP contribution in [0.5, 0.6) is 0 Å². The zero-order valence-electron chi connectivity index (χ0n) is 34.7. The molecule has 304 valence electrons. The molecule has 0 aliphatic heterocycles. The largest absolute Gasteiger partial charge is 0.418 e. The van der Waals surface area contributed by atoms with Gasteiger partial charge in [0.1, 0.15) is 0 Å². The zero-order chi connectivity index (χ0) is 42.9. The Morgan fingerprint density at radius 1 is 0.365 bits per heavy atom. The molecule has 0 saturated carbocycles. The van der Waals surface area contributed by atoms with E-state index in [2.05, 4.69) is 157 Å². The minimum absolute atomic E-state index is 0.0910. The van der Waals surface area contributed by atoms with Gasteiger partial charge in [-0.2, -0.15) is 13.2 Å². The maximum absolute atomic E-state index is 15.4. The van der Waals surface area contributed by atoms with Crippen molar-refractivity contribution in [1.29, 1.82) is 0 Å². The highest BCUT2D eigenvalue weighted by atomic mass is 28.3. The van der Waals surface area contributed by atoms with E-state index in [0.717, 1.165) is 65.7 Å². The Morgan fingerprint density at radius 2 is 0.810 bits per heavy atom. The number of aryl methyl sites for hydroxylation is 2. The van der Waals surface area contributed by atoms with Gasteiger partial charge in [-0.05, 0) is 99.8 Å². The Hall–Kier alpha value is -7.41. The van der Waals surface area contributed by atoms with Gasteiger partial charge in [-0.15, -0.1) is 0 Å². The average Bonchev–Trinajstić information content (AvgIpc) is 3.82. The van der Waals surface area contributed by atoms with Gasteiger partial charge in [-0.3, -0.25) is 0 Å². The second kappa shape index (κ2) is 14.9. The third-order valence-electron chi connectivity index (χ3n) is 12.9. The van der Waals surface area contributed by atoms with Gasteiger partial charge >= 0.3 is 6.18 Å². The van der Waals surface area contributed by atoms with E-state index in [1.54, 1.807) is 12.1 Å². The van der Waals surface area contributed by atoms with Crippen LogP contribution in [0.3, 0.4) is 0 Å². The molecule has 0 fully saturated rings. The molecule has 11 rings (SSSR count). The number of benzene rings is 9. The van der Waals surface area contributed by atoms with Gasteiger partial charge in [0.25, 0.3) is 0 Å². The fraction of sp³-hybridized carbons (Fsp3) is 0.0526. The first kappa shape index (κ1) is 38.5. The molecule has 63 heavy (non-hydrogen) atoms. The van der Waals surface area contributed by atoms with Gasteiger partial charge in [0.05, 0.1) is 33.3 Å². The number of rotatable bonds is 7. The molecule has 2 aromatic heterocycles. The topological polar surface area (TPSA) is 9.86 Å². The normalized spacial score (nSPS) is 12.2. The molecule has 0 saturated heterocycles. The van der Waals surface area contributed by atoms with E-state index in [0.29, 0.717) is 11.1 Å². The van der Waals surface area contributed by atoms with Crippen LogP contribution in [0.15, 0.2) is 212 Å². The Balaban J connectivity index is 1.16. The standard InChI is InChI=1S/C57H41F3N2Si/c1-38-26-32-53-48(34-38)49-37-45(63(42-16-6-3-7-17-42,43-18-8-4-9-19-43)44-20-10-5-11-21-44)30-33-54(49)62(53)56-36-41(29-31-50(56)57(58,59)60)40-28-27-39(2)55(35-40)61-51-24-14-12-22-46(51)47-23-13-15-25-52(47)61/h3-37H,1-2H3. The molecule has 2 nitrogen and oxygen atoms in total. The molecule has 0 unspecified atom stereocenters. The van der Waals surface area contributed by atoms with Crippen molar-refractivity contribution in [2.45, 2.75) is 20.0 Å². The molecule has 2 heterocycles. The summed E-state index contributed by atoms with van der Waals surface area (Å²) in [4.78, 5) is 0. The Bertz CT molecular complexity index is 3360. The molecule has 11 aromatic rings. The number of nitrogens with zero attached hydrogens (tertiary/aromatic N) is 2. The third kappa shape index (κ3) is 6.16. The highest BCUT2D eigenvalue weighted by Gasteiger charge is 2.42. The van der Waals surface area contributed by atoms with Crippen LogP contribution < -0.4 is 20.7 Å². The number of aromatic nitrogens is 2. The number of hydrogen-bond acceptors (Lipinski definition) is 0. The lowest BCUT2D eigenvalue weighted by Gasteiger charge is -2.34. The van der Waals surface area contributed by atoms with Crippen molar-refractivity contribution in [3.05, 3.63) is 229 Å². The van der Waals surface area contributed by atoms with Gasteiger partial charge < -0.3 is 9.13 Å². The van der Waals surface area contributed by atoms with E-state index < -0.39 is 19.8 Å². The van der Waals surface area contributed by atoms with Gasteiger partial charge in [-0.25, -0.2) is 0 Å². The highest BCUT2D eigenvalue weighted by molar-refractivity contribution is 7.20. The molecule has 0 N–H and O–H groups in total. The smallest absolute Gasteiger partial charge is 0.309 e. The third-order valence-corrected chi connectivity index (χ3v) is 17.7. The molecule has 9 aromatic carbocycles. The number of halogens is 3. The molecule has 0 spiro atoms. The summed E-state index contributed by atoms with van der Waals surface area (Å²) in [7, 11) is -2.94. The van der Waals surface area contributed by atoms with Crippen LogP contribution in [0, 0.1) is 13.8 Å². The van der Waals surface area contributed by atoms with E-state index in [4.69, 9.17) is 0 Å². The maximum Gasteiger partial charge on any atom is 0.418 e.